The van der Waals surface area contributed by atoms with Gasteiger partial charge in [0, 0.05) is 30.5 Å². The van der Waals surface area contributed by atoms with E-state index < -0.39 is 5.97 Å². The summed E-state index contributed by atoms with van der Waals surface area (Å²) in [6.45, 7) is 3.58. The molecule has 8 nitrogen and oxygen atoms in total. The average molecular weight is 384 g/mol. The normalized spacial score (nSPS) is 13.7. The van der Waals surface area contributed by atoms with E-state index in [1.54, 1.807) is 30.3 Å². The molecule has 0 spiro atoms. The third kappa shape index (κ3) is 5.18. The Balaban J connectivity index is 1.56. The smallest absolute Gasteiger partial charge is 0.337 e. The zero-order valence-corrected chi connectivity index (χ0v) is 16.1. The van der Waals surface area contributed by atoms with Crippen LogP contribution in [0.2, 0.25) is 0 Å². The van der Waals surface area contributed by atoms with Gasteiger partial charge in [0.05, 0.1) is 12.7 Å². The summed E-state index contributed by atoms with van der Waals surface area (Å²) in [6, 6.07) is 8.15. The minimum atomic E-state index is -0.426. The minimum Gasteiger partial charge on any atom is -0.467 e. The molecule has 1 N–H and O–H groups in total. The summed E-state index contributed by atoms with van der Waals surface area (Å²) in [4.78, 5) is 34.6. The second-order valence-electron chi connectivity index (χ2n) is 6.60. The van der Waals surface area contributed by atoms with Crippen LogP contribution in [0.1, 0.15) is 35.3 Å². The zero-order chi connectivity index (χ0) is 19.9. The lowest BCUT2D eigenvalue weighted by molar-refractivity contribution is -0.118. The van der Waals surface area contributed by atoms with Crippen LogP contribution in [0.5, 0.6) is 5.88 Å². The number of aryl methyl sites for hydroxylation is 1. The Morgan fingerprint density at radius 3 is 2.50 bits per heavy atom. The van der Waals surface area contributed by atoms with Crippen molar-refractivity contribution in [1.82, 2.24) is 9.97 Å². The summed E-state index contributed by atoms with van der Waals surface area (Å²) in [7, 11) is 1.32. The molecule has 1 amide bonds. The van der Waals surface area contributed by atoms with Crippen molar-refractivity contribution >= 4 is 23.5 Å². The van der Waals surface area contributed by atoms with E-state index in [4.69, 9.17) is 4.74 Å². The van der Waals surface area contributed by atoms with E-state index >= 15 is 0 Å². The van der Waals surface area contributed by atoms with Gasteiger partial charge < -0.3 is 19.7 Å². The fraction of sp³-hybridized carbons (Fsp3) is 0.400. The van der Waals surface area contributed by atoms with Crippen molar-refractivity contribution in [3.8, 4) is 5.88 Å². The van der Waals surface area contributed by atoms with Gasteiger partial charge in [0.25, 0.3) is 5.91 Å². The first-order valence-electron chi connectivity index (χ1n) is 9.27. The van der Waals surface area contributed by atoms with Crippen LogP contribution in [0, 0.1) is 6.92 Å². The first-order valence-corrected chi connectivity index (χ1v) is 9.27. The highest BCUT2D eigenvalue weighted by Crippen LogP contribution is 2.19. The second kappa shape index (κ2) is 9.16. The molecule has 28 heavy (non-hydrogen) atoms. The van der Waals surface area contributed by atoms with Crippen molar-refractivity contribution in [3.63, 3.8) is 0 Å². The number of esters is 1. The van der Waals surface area contributed by atoms with Crippen LogP contribution in [0.4, 0.5) is 11.6 Å². The van der Waals surface area contributed by atoms with Crippen molar-refractivity contribution in [2.75, 3.05) is 37.0 Å². The number of nitrogens with zero attached hydrogens (tertiary/aromatic N) is 3. The zero-order valence-electron chi connectivity index (χ0n) is 16.1. The minimum absolute atomic E-state index is 0.172. The van der Waals surface area contributed by atoms with Gasteiger partial charge in [-0.15, -0.1) is 0 Å². The maximum atomic E-state index is 12.2. The number of carbonyl (C=O) groups is 2. The molecule has 148 valence electrons. The number of nitrogens with one attached hydrogen (secondary N) is 1. The van der Waals surface area contributed by atoms with Gasteiger partial charge in [0.2, 0.25) is 11.8 Å². The molecule has 1 fully saturated rings. The van der Waals surface area contributed by atoms with Crippen molar-refractivity contribution in [2.45, 2.75) is 26.2 Å². The van der Waals surface area contributed by atoms with Crippen molar-refractivity contribution in [2.24, 2.45) is 0 Å². The lowest BCUT2D eigenvalue weighted by Crippen LogP contribution is -2.31. The number of piperidine rings is 1. The van der Waals surface area contributed by atoms with Gasteiger partial charge in [-0.2, -0.15) is 4.98 Å². The van der Waals surface area contributed by atoms with Gasteiger partial charge in [0.15, 0.2) is 6.61 Å². The van der Waals surface area contributed by atoms with Crippen LogP contribution in [-0.4, -0.2) is 48.7 Å². The summed E-state index contributed by atoms with van der Waals surface area (Å²) in [5.74, 6) is 0.282. The van der Waals surface area contributed by atoms with Crippen molar-refractivity contribution in [1.29, 1.82) is 0 Å². The molecule has 0 bridgehead atoms. The molecule has 1 aromatic heterocycles. The molecule has 0 saturated carbocycles. The van der Waals surface area contributed by atoms with Crippen LogP contribution in [0.25, 0.3) is 0 Å². The Morgan fingerprint density at radius 1 is 1.11 bits per heavy atom. The van der Waals surface area contributed by atoms with Gasteiger partial charge in [-0.3, -0.25) is 4.79 Å². The maximum Gasteiger partial charge on any atom is 0.337 e. The summed E-state index contributed by atoms with van der Waals surface area (Å²) < 4.78 is 10.2. The third-order valence-corrected chi connectivity index (χ3v) is 4.40. The Labute approximate surface area is 163 Å². The molecule has 1 aliphatic heterocycles. The largest absolute Gasteiger partial charge is 0.467 e. The summed E-state index contributed by atoms with van der Waals surface area (Å²) in [5, 5.41) is 2.72. The van der Waals surface area contributed by atoms with Gasteiger partial charge in [-0.25, -0.2) is 9.78 Å². The quantitative estimate of drug-likeness (QED) is 0.765. The van der Waals surface area contributed by atoms with Crippen LogP contribution in [-0.2, 0) is 9.53 Å². The molecule has 0 atom stereocenters. The highest BCUT2D eigenvalue weighted by atomic mass is 16.5. The Kier molecular flexibility index (Phi) is 6.41. The van der Waals surface area contributed by atoms with Crippen LogP contribution in [0.15, 0.2) is 30.3 Å². The van der Waals surface area contributed by atoms with E-state index in [0.29, 0.717) is 23.1 Å². The SMILES string of the molecule is COC(=O)c1ccc(NC(=O)COc2cc(C)nc(N3CCCCC3)n2)cc1. The van der Waals surface area contributed by atoms with Crippen LogP contribution >= 0.6 is 0 Å². The topological polar surface area (TPSA) is 93.6 Å². The number of benzene rings is 1. The fourth-order valence-corrected chi connectivity index (χ4v) is 2.98. The predicted molar refractivity (Wildman–Crippen MR) is 105 cm³/mol. The standard InChI is InChI=1S/C20H24N4O4/c1-14-12-18(23-20(21-14)24-10-4-3-5-11-24)28-13-17(25)22-16-8-6-15(7-9-16)19(26)27-2/h6-9,12H,3-5,10-11,13H2,1-2H3,(H,22,25). The second-order valence-corrected chi connectivity index (χ2v) is 6.60. The number of rotatable bonds is 6. The molecular weight excluding hydrogens is 360 g/mol. The number of hydrogen-bond acceptors (Lipinski definition) is 7. The number of carbonyl (C=O) groups excluding carboxylic acids is 2. The van der Waals surface area contributed by atoms with E-state index in [0.717, 1.165) is 31.6 Å². The molecule has 2 heterocycles. The molecule has 2 aromatic rings. The van der Waals surface area contributed by atoms with E-state index in [1.807, 2.05) is 6.92 Å². The molecule has 0 aliphatic carbocycles. The highest BCUT2D eigenvalue weighted by Gasteiger charge is 2.15. The third-order valence-electron chi connectivity index (χ3n) is 4.40. The number of amides is 1. The van der Waals surface area contributed by atoms with Gasteiger partial charge in [-0.1, -0.05) is 0 Å². The Morgan fingerprint density at radius 2 is 1.82 bits per heavy atom. The number of methoxy groups -OCH3 is 1. The summed E-state index contributed by atoms with van der Waals surface area (Å²) in [6.07, 6.45) is 3.49. The Bertz CT molecular complexity index is 833. The van der Waals surface area contributed by atoms with Crippen LogP contribution < -0.4 is 15.0 Å². The van der Waals surface area contributed by atoms with Gasteiger partial charge in [0.1, 0.15) is 0 Å². The van der Waals surface area contributed by atoms with E-state index in [9.17, 15) is 9.59 Å². The lowest BCUT2D eigenvalue weighted by atomic mass is 10.1. The van der Waals surface area contributed by atoms with Crippen molar-refractivity contribution in [3.05, 3.63) is 41.6 Å². The van der Waals surface area contributed by atoms with Gasteiger partial charge in [-0.05, 0) is 50.5 Å². The number of hydrogen-bond donors (Lipinski definition) is 1. The van der Waals surface area contributed by atoms with Gasteiger partial charge >= 0.3 is 5.97 Å². The number of anilines is 2. The maximum absolute atomic E-state index is 12.2. The molecule has 1 aromatic carbocycles. The van der Waals surface area contributed by atoms with E-state index in [1.165, 1.54) is 13.5 Å². The predicted octanol–water partition coefficient (Wildman–Crippen LogP) is 2.58. The number of ether oxygens (including phenoxy) is 2. The summed E-state index contributed by atoms with van der Waals surface area (Å²) >= 11 is 0. The molecule has 0 radical (unpaired) electrons. The monoisotopic (exact) mass is 384 g/mol. The molecule has 8 heteroatoms. The molecule has 1 aliphatic rings. The Hall–Kier alpha value is -3.16. The fourth-order valence-electron chi connectivity index (χ4n) is 2.98. The first kappa shape index (κ1) is 19.6. The van der Waals surface area contributed by atoms with Crippen LogP contribution in [0.3, 0.4) is 0 Å². The molecular formula is C20H24N4O4. The number of aromatic nitrogens is 2. The molecule has 1 saturated heterocycles. The first-order chi connectivity index (χ1) is 13.5. The van der Waals surface area contributed by atoms with Crippen molar-refractivity contribution < 1.29 is 19.1 Å². The summed E-state index contributed by atoms with van der Waals surface area (Å²) in [5.41, 5.74) is 1.77. The van der Waals surface area contributed by atoms with E-state index in [2.05, 4.69) is 24.9 Å². The molecule has 0 unspecified atom stereocenters. The highest BCUT2D eigenvalue weighted by molar-refractivity contribution is 5.93. The van der Waals surface area contributed by atoms with E-state index in [-0.39, 0.29) is 12.5 Å². The lowest BCUT2D eigenvalue weighted by Gasteiger charge is -2.26. The molecule has 3 rings (SSSR count). The average Bonchev–Trinajstić information content (AvgIpc) is 2.72.